The Morgan fingerprint density at radius 2 is 2.00 bits per heavy atom. The second-order valence-corrected chi connectivity index (χ2v) is 4.57. The van der Waals surface area contributed by atoms with Crippen LogP contribution in [0.1, 0.15) is 19.3 Å². The van der Waals surface area contributed by atoms with Crippen molar-refractivity contribution in [3.05, 3.63) is 0 Å². The minimum atomic E-state index is -4.09. The maximum atomic E-state index is 12.6. The highest BCUT2D eigenvalue weighted by molar-refractivity contribution is 4.92. The van der Waals surface area contributed by atoms with Crippen LogP contribution in [0.5, 0.6) is 0 Å². The smallest absolute Gasteiger partial charge is 0.378 e. The number of hydrogen-bond donors (Lipinski definition) is 1. The highest BCUT2D eigenvalue weighted by Gasteiger charge is 2.49. The maximum Gasteiger partial charge on any atom is 0.391 e. The van der Waals surface area contributed by atoms with E-state index in [4.69, 9.17) is 10.5 Å². The van der Waals surface area contributed by atoms with E-state index in [1.807, 2.05) is 0 Å². The molecule has 1 aliphatic carbocycles. The predicted molar refractivity (Wildman–Crippen MR) is 49.2 cm³/mol. The van der Waals surface area contributed by atoms with Crippen molar-refractivity contribution in [1.82, 2.24) is 0 Å². The molecule has 2 fully saturated rings. The molecule has 15 heavy (non-hydrogen) atoms. The summed E-state index contributed by atoms with van der Waals surface area (Å²) in [5, 5.41) is 0. The first-order chi connectivity index (χ1) is 7.02. The summed E-state index contributed by atoms with van der Waals surface area (Å²) in [6, 6.07) is 0. The number of rotatable bonds is 1. The van der Waals surface area contributed by atoms with E-state index in [2.05, 4.69) is 0 Å². The molecule has 1 saturated heterocycles. The van der Waals surface area contributed by atoms with Crippen LogP contribution in [-0.2, 0) is 4.74 Å². The zero-order valence-electron chi connectivity index (χ0n) is 8.46. The molecule has 2 aliphatic rings. The molecular weight excluding hydrogens is 207 g/mol. The molecule has 5 heteroatoms. The second-order valence-electron chi connectivity index (χ2n) is 4.57. The van der Waals surface area contributed by atoms with Crippen LogP contribution < -0.4 is 5.73 Å². The minimum Gasteiger partial charge on any atom is -0.378 e. The molecule has 88 valence electrons. The fourth-order valence-corrected chi connectivity index (χ4v) is 2.90. The van der Waals surface area contributed by atoms with Crippen LogP contribution in [0.25, 0.3) is 0 Å². The van der Waals surface area contributed by atoms with E-state index in [1.54, 1.807) is 0 Å². The van der Waals surface area contributed by atoms with Gasteiger partial charge in [-0.2, -0.15) is 13.2 Å². The monoisotopic (exact) mass is 223 g/mol. The molecule has 0 aromatic carbocycles. The van der Waals surface area contributed by atoms with Gasteiger partial charge in [-0.25, -0.2) is 0 Å². The lowest BCUT2D eigenvalue weighted by Crippen LogP contribution is -2.42. The number of fused-ring (bicyclic) bond motifs is 1. The van der Waals surface area contributed by atoms with E-state index in [1.165, 1.54) is 0 Å². The Labute approximate surface area is 87.0 Å². The molecule has 0 unspecified atom stereocenters. The van der Waals surface area contributed by atoms with Crippen molar-refractivity contribution in [2.75, 3.05) is 13.2 Å². The van der Waals surface area contributed by atoms with E-state index >= 15 is 0 Å². The van der Waals surface area contributed by atoms with Crippen molar-refractivity contribution < 1.29 is 17.9 Å². The Hall–Kier alpha value is -0.290. The minimum absolute atomic E-state index is 0.0159. The summed E-state index contributed by atoms with van der Waals surface area (Å²) >= 11 is 0. The van der Waals surface area contributed by atoms with Crippen molar-refractivity contribution in [1.29, 1.82) is 0 Å². The summed E-state index contributed by atoms with van der Waals surface area (Å²) in [6.07, 6.45) is -3.12. The van der Waals surface area contributed by atoms with Crippen LogP contribution in [-0.4, -0.2) is 25.4 Å². The zero-order valence-corrected chi connectivity index (χ0v) is 8.46. The summed E-state index contributed by atoms with van der Waals surface area (Å²) in [5.41, 5.74) is 5.54. The Kier molecular flexibility index (Phi) is 2.94. The molecule has 1 aliphatic heterocycles. The van der Waals surface area contributed by atoms with Crippen molar-refractivity contribution in [2.24, 2.45) is 23.5 Å². The molecular formula is C10H16F3NO. The largest absolute Gasteiger partial charge is 0.391 e. The van der Waals surface area contributed by atoms with Gasteiger partial charge >= 0.3 is 6.18 Å². The van der Waals surface area contributed by atoms with E-state index in [0.29, 0.717) is 13.2 Å². The molecule has 0 aromatic rings. The molecule has 1 heterocycles. The Morgan fingerprint density at radius 3 is 2.60 bits per heavy atom. The molecule has 2 N–H and O–H groups in total. The summed E-state index contributed by atoms with van der Waals surface area (Å²) in [4.78, 5) is 0. The first kappa shape index (κ1) is 11.2. The van der Waals surface area contributed by atoms with Gasteiger partial charge in [0, 0.05) is 6.61 Å². The van der Waals surface area contributed by atoms with E-state index in [9.17, 15) is 13.2 Å². The van der Waals surface area contributed by atoms with Crippen LogP contribution >= 0.6 is 0 Å². The molecule has 2 nitrogen and oxygen atoms in total. The normalized spacial score (nSPS) is 41.6. The number of hydrogen-bond acceptors (Lipinski definition) is 2. The van der Waals surface area contributed by atoms with Gasteiger partial charge < -0.3 is 10.5 Å². The molecule has 1 saturated carbocycles. The van der Waals surface area contributed by atoms with Crippen molar-refractivity contribution in [3.8, 4) is 0 Å². The van der Waals surface area contributed by atoms with E-state index in [0.717, 1.165) is 6.42 Å². The molecule has 0 spiro atoms. The fourth-order valence-electron chi connectivity index (χ4n) is 2.90. The molecule has 0 amide bonds. The summed E-state index contributed by atoms with van der Waals surface area (Å²) < 4.78 is 43.2. The summed E-state index contributed by atoms with van der Waals surface area (Å²) in [5.74, 6) is -0.975. The van der Waals surface area contributed by atoms with Gasteiger partial charge in [-0.3, -0.25) is 0 Å². The molecule has 0 aromatic heterocycles. The third-order valence-electron chi connectivity index (χ3n) is 3.74. The van der Waals surface area contributed by atoms with Crippen molar-refractivity contribution >= 4 is 0 Å². The SMILES string of the molecule is NC[C@H]1C[C@@H](C(F)(F)F)C[C@@H]2OCC[C@H]12. The van der Waals surface area contributed by atoms with Crippen molar-refractivity contribution in [2.45, 2.75) is 31.5 Å². The first-order valence-electron chi connectivity index (χ1n) is 5.40. The van der Waals surface area contributed by atoms with E-state index in [-0.39, 0.29) is 30.8 Å². The van der Waals surface area contributed by atoms with Gasteiger partial charge in [0.05, 0.1) is 12.0 Å². The Bertz CT molecular complexity index is 231. The molecule has 4 atom stereocenters. The fraction of sp³-hybridized carbons (Fsp3) is 1.00. The highest BCUT2D eigenvalue weighted by Crippen LogP contribution is 2.46. The van der Waals surface area contributed by atoms with Crippen LogP contribution in [0.15, 0.2) is 0 Å². The van der Waals surface area contributed by atoms with Gasteiger partial charge in [0.15, 0.2) is 0 Å². The van der Waals surface area contributed by atoms with Gasteiger partial charge in [-0.05, 0) is 37.6 Å². The lowest BCUT2D eigenvalue weighted by molar-refractivity contribution is -0.197. The predicted octanol–water partition coefficient (Wildman–Crippen LogP) is 1.94. The van der Waals surface area contributed by atoms with Crippen molar-refractivity contribution in [3.63, 3.8) is 0 Å². The number of alkyl halides is 3. The average Bonchev–Trinajstić information content (AvgIpc) is 2.62. The topological polar surface area (TPSA) is 35.2 Å². The van der Waals surface area contributed by atoms with Gasteiger partial charge in [0.25, 0.3) is 0 Å². The Balaban J connectivity index is 2.08. The molecule has 0 bridgehead atoms. The number of ether oxygens (including phenoxy) is 1. The molecule has 0 radical (unpaired) electrons. The van der Waals surface area contributed by atoms with Gasteiger partial charge in [0.2, 0.25) is 0 Å². The summed E-state index contributed by atoms with van der Waals surface area (Å²) in [7, 11) is 0. The lowest BCUT2D eigenvalue weighted by Gasteiger charge is -2.37. The first-order valence-corrected chi connectivity index (χ1v) is 5.40. The number of nitrogens with two attached hydrogens (primary N) is 1. The third-order valence-corrected chi connectivity index (χ3v) is 3.74. The highest BCUT2D eigenvalue weighted by atomic mass is 19.4. The average molecular weight is 223 g/mol. The van der Waals surface area contributed by atoms with E-state index < -0.39 is 12.1 Å². The van der Waals surface area contributed by atoms with Gasteiger partial charge in [-0.15, -0.1) is 0 Å². The van der Waals surface area contributed by atoms with Gasteiger partial charge in [-0.1, -0.05) is 0 Å². The lowest BCUT2D eigenvalue weighted by atomic mass is 9.72. The maximum absolute atomic E-state index is 12.6. The molecule has 2 rings (SSSR count). The van der Waals surface area contributed by atoms with Crippen LogP contribution in [0.4, 0.5) is 13.2 Å². The quantitative estimate of drug-likeness (QED) is 0.737. The van der Waals surface area contributed by atoms with Crippen LogP contribution in [0, 0.1) is 17.8 Å². The zero-order chi connectivity index (χ0) is 11.1. The van der Waals surface area contributed by atoms with Gasteiger partial charge in [0.1, 0.15) is 0 Å². The Morgan fingerprint density at radius 1 is 1.27 bits per heavy atom. The number of halogens is 3. The standard InChI is InChI=1S/C10H16F3NO/c11-10(12,13)7-3-6(5-14)8-1-2-15-9(8)4-7/h6-9H,1-5,14H2/t6-,7-,8-,9+/m1/s1. The van der Waals surface area contributed by atoms with Crippen LogP contribution in [0.2, 0.25) is 0 Å². The third kappa shape index (κ3) is 2.13. The summed E-state index contributed by atoms with van der Waals surface area (Å²) in [6.45, 7) is 0.938. The van der Waals surface area contributed by atoms with Crippen LogP contribution in [0.3, 0.4) is 0 Å². The second kappa shape index (κ2) is 3.94.